The number of nitrogens with zero attached hydrogens (tertiary/aromatic N) is 1. The molecule has 1 heterocycles. The molecule has 102 valence electrons. The molecule has 1 aromatic rings. The lowest BCUT2D eigenvalue weighted by Crippen LogP contribution is -2.37. The van der Waals surface area contributed by atoms with E-state index in [1.54, 1.807) is 24.0 Å². The fourth-order valence-electron chi connectivity index (χ4n) is 2.33. The van der Waals surface area contributed by atoms with Gasteiger partial charge in [0.05, 0.1) is 5.56 Å². The molecule has 1 N–H and O–H groups in total. The smallest absolute Gasteiger partial charge is 0.256 e. The topological polar surface area (TPSA) is 49.4 Å². The summed E-state index contributed by atoms with van der Waals surface area (Å²) in [6.07, 6.45) is 0.707. The molecule has 0 bridgehead atoms. The van der Waals surface area contributed by atoms with Crippen molar-refractivity contribution in [2.24, 2.45) is 0 Å². The van der Waals surface area contributed by atoms with Gasteiger partial charge in [-0.3, -0.25) is 9.59 Å². The van der Waals surface area contributed by atoms with E-state index in [2.05, 4.69) is 5.32 Å². The van der Waals surface area contributed by atoms with E-state index >= 15 is 0 Å². The van der Waals surface area contributed by atoms with Crippen molar-refractivity contribution < 1.29 is 14.0 Å². The zero-order chi connectivity index (χ0) is 14.0. The summed E-state index contributed by atoms with van der Waals surface area (Å²) in [4.78, 5) is 24.8. The van der Waals surface area contributed by atoms with Crippen LogP contribution in [-0.4, -0.2) is 35.8 Å². The standard InChI is InChI=1S/C14H17FN2O2/c1-9-4-3-5-12(13(9)15)14(19)17-7-6-11(8-17)16-10(2)18/h3-5,11H,6-8H2,1-2H3,(H,16,18). The minimum Gasteiger partial charge on any atom is -0.352 e. The minimum absolute atomic E-state index is 0.0330. The predicted octanol–water partition coefficient (Wildman–Crippen LogP) is 1.48. The average Bonchev–Trinajstić information content (AvgIpc) is 2.79. The highest BCUT2D eigenvalue weighted by molar-refractivity contribution is 5.95. The number of amides is 2. The number of halogens is 1. The highest BCUT2D eigenvalue weighted by atomic mass is 19.1. The van der Waals surface area contributed by atoms with Crippen molar-refractivity contribution in [3.63, 3.8) is 0 Å². The van der Waals surface area contributed by atoms with Gasteiger partial charge < -0.3 is 10.2 Å². The zero-order valence-electron chi connectivity index (χ0n) is 11.1. The number of benzene rings is 1. The second-order valence-corrected chi connectivity index (χ2v) is 4.87. The van der Waals surface area contributed by atoms with Crippen molar-refractivity contribution in [2.75, 3.05) is 13.1 Å². The van der Waals surface area contributed by atoms with Crippen molar-refractivity contribution in [2.45, 2.75) is 26.3 Å². The van der Waals surface area contributed by atoms with Gasteiger partial charge in [-0.25, -0.2) is 4.39 Å². The fraction of sp³-hybridized carbons (Fsp3) is 0.429. The molecule has 5 heteroatoms. The number of carbonyl (C=O) groups excluding carboxylic acids is 2. The van der Waals surface area contributed by atoms with Crippen molar-refractivity contribution in [1.82, 2.24) is 10.2 Å². The largest absolute Gasteiger partial charge is 0.352 e. The highest BCUT2D eigenvalue weighted by Gasteiger charge is 2.28. The van der Waals surface area contributed by atoms with Crippen LogP contribution in [0.25, 0.3) is 0 Å². The Morgan fingerprint density at radius 2 is 2.16 bits per heavy atom. The number of hydrogen-bond acceptors (Lipinski definition) is 2. The summed E-state index contributed by atoms with van der Waals surface area (Å²) in [5.41, 5.74) is 0.562. The van der Waals surface area contributed by atoms with E-state index in [0.717, 1.165) is 0 Å². The predicted molar refractivity (Wildman–Crippen MR) is 69.3 cm³/mol. The van der Waals surface area contributed by atoms with Crippen LogP contribution in [0.3, 0.4) is 0 Å². The maximum absolute atomic E-state index is 13.9. The van der Waals surface area contributed by atoms with Gasteiger partial charge in [-0.2, -0.15) is 0 Å². The first-order valence-corrected chi connectivity index (χ1v) is 6.30. The first-order valence-electron chi connectivity index (χ1n) is 6.30. The average molecular weight is 264 g/mol. The third kappa shape index (κ3) is 2.92. The molecule has 2 amide bonds. The summed E-state index contributed by atoms with van der Waals surface area (Å²) in [6.45, 7) is 4.06. The van der Waals surface area contributed by atoms with Gasteiger partial charge in [0.2, 0.25) is 5.91 Å². The molecule has 0 saturated carbocycles. The molecule has 0 radical (unpaired) electrons. The Kier molecular flexibility index (Phi) is 3.83. The Morgan fingerprint density at radius 3 is 2.84 bits per heavy atom. The van der Waals surface area contributed by atoms with Gasteiger partial charge in [-0.15, -0.1) is 0 Å². The Hall–Kier alpha value is -1.91. The van der Waals surface area contributed by atoms with Crippen LogP contribution in [0.2, 0.25) is 0 Å². The van der Waals surface area contributed by atoms with Gasteiger partial charge in [-0.05, 0) is 25.0 Å². The molecule has 0 aromatic heterocycles. The van der Waals surface area contributed by atoms with Gasteiger partial charge in [-0.1, -0.05) is 12.1 Å². The molecule has 2 rings (SSSR count). The molecular weight excluding hydrogens is 247 g/mol. The molecular formula is C14H17FN2O2. The Labute approximate surface area is 111 Å². The lowest BCUT2D eigenvalue weighted by Gasteiger charge is -2.17. The van der Waals surface area contributed by atoms with E-state index in [1.807, 2.05) is 0 Å². The number of hydrogen-bond donors (Lipinski definition) is 1. The van der Waals surface area contributed by atoms with Crippen LogP contribution in [0.5, 0.6) is 0 Å². The van der Waals surface area contributed by atoms with Crippen molar-refractivity contribution in [3.05, 3.63) is 35.1 Å². The third-order valence-electron chi connectivity index (χ3n) is 3.31. The van der Waals surface area contributed by atoms with Gasteiger partial charge in [0, 0.05) is 26.1 Å². The first kappa shape index (κ1) is 13.5. The molecule has 1 saturated heterocycles. The van der Waals surface area contributed by atoms with E-state index in [9.17, 15) is 14.0 Å². The first-order chi connectivity index (χ1) is 8.99. The molecule has 1 aromatic carbocycles. The molecule has 1 aliphatic rings. The molecule has 0 spiro atoms. The SMILES string of the molecule is CC(=O)NC1CCN(C(=O)c2cccc(C)c2F)C1. The van der Waals surface area contributed by atoms with Crippen molar-refractivity contribution >= 4 is 11.8 Å². The number of likely N-dealkylation sites (tertiary alicyclic amines) is 1. The maximum Gasteiger partial charge on any atom is 0.256 e. The number of nitrogens with one attached hydrogen (secondary N) is 1. The monoisotopic (exact) mass is 264 g/mol. The van der Waals surface area contributed by atoms with Crippen LogP contribution in [0.4, 0.5) is 4.39 Å². The molecule has 1 fully saturated rings. The summed E-state index contributed by atoms with van der Waals surface area (Å²) in [5, 5.41) is 2.78. The van der Waals surface area contributed by atoms with E-state index in [0.29, 0.717) is 25.1 Å². The van der Waals surface area contributed by atoms with Gasteiger partial charge in [0.15, 0.2) is 0 Å². The number of rotatable bonds is 2. The second-order valence-electron chi connectivity index (χ2n) is 4.87. The summed E-state index contributed by atoms with van der Waals surface area (Å²) in [7, 11) is 0. The lowest BCUT2D eigenvalue weighted by atomic mass is 10.1. The van der Waals surface area contributed by atoms with Crippen LogP contribution in [0.1, 0.15) is 29.3 Å². The molecule has 1 aliphatic heterocycles. The summed E-state index contributed by atoms with van der Waals surface area (Å²) in [6, 6.07) is 4.77. The third-order valence-corrected chi connectivity index (χ3v) is 3.31. The van der Waals surface area contributed by atoms with Gasteiger partial charge >= 0.3 is 0 Å². The van der Waals surface area contributed by atoms with Crippen LogP contribution in [-0.2, 0) is 4.79 Å². The summed E-state index contributed by atoms with van der Waals surface area (Å²) >= 11 is 0. The summed E-state index contributed by atoms with van der Waals surface area (Å²) in [5.74, 6) is -0.884. The normalized spacial score (nSPS) is 18.5. The van der Waals surface area contributed by atoms with Crippen LogP contribution in [0.15, 0.2) is 18.2 Å². The minimum atomic E-state index is -0.463. The number of aryl methyl sites for hydroxylation is 1. The molecule has 19 heavy (non-hydrogen) atoms. The van der Waals surface area contributed by atoms with Gasteiger partial charge in [0.25, 0.3) is 5.91 Å². The highest BCUT2D eigenvalue weighted by Crippen LogP contribution is 2.18. The summed E-state index contributed by atoms with van der Waals surface area (Å²) < 4.78 is 13.9. The Bertz CT molecular complexity index is 516. The second kappa shape index (κ2) is 5.38. The molecule has 1 atom stereocenters. The van der Waals surface area contributed by atoms with E-state index in [4.69, 9.17) is 0 Å². The Balaban J connectivity index is 2.09. The zero-order valence-corrected chi connectivity index (χ0v) is 11.1. The fourth-order valence-corrected chi connectivity index (χ4v) is 2.33. The Morgan fingerprint density at radius 1 is 1.42 bits per heavy atom. The van der Waals surface area contributed by atoms with E-state index in [1.165, 1.54) is 13.0 Å². The van der Waals surface area contributed by atoms with Crippen LogP contribution < -0.4 is 5.32 Å². The number of carbonyl (C=O) groups is 2. The van der Waals surface area contributed by atoms with Gasteiger partial charge in [0.1, 0.15) is 5.82 Å². The molecule has 4 nitrogen and oxygen atoms in total. The maximum atomic E-state index is 13.9. The quantitative estimate of drug-likeness (QED) is 0.879. The molecule has 0 aliphatic carbocycles. The molecule has 1 unspecified atom stereocenters. The van der Waals surface area contributed by atoms with Crippen LogP contribution >= 0.6 is 0 Å². The lowest BCUT2D eigenvalue weighted by molar-refractivity contribution is -0.119. The van der Waals surface area contributed by atoms with Crippen LogP contribution in [0, 0.1) is 12.7 Å². The van der Waals surface area contributed by atoms with E-state index in [-0.39, 0.29) is 23.4 Å². The van der Waals surface area contributed by atoms with E-state index < -0.39 is 5.82 Å². The van der Waals surface area contributed by atoms with Crippen molar-refractivity contribution in [1.29, 1.82) is 0 Å². The van der Waals surface area contributed by atoms with Crippen molar-refractivity contribution in [3.8, 4) is 0 Å².